The predicted octanol–water partition coefficient (Wildman–Crippen LogP) is 4.30. The van der Waals surface area contributed by atoms with Crippen LogP contribution in [0.1, 0.15) is 32.1 Å². The summed E-state index contributed by atoms with van der Waals surface area (Å²) in [7, 11) is 0. The van der Waals surface area contributed by atoms with Crippen LogP contribution in [-0.4, -0.2) is 12.6 Å². The Morgan fingerprint density at radius 3 is 2.87 bits per heavy atom. The number of nitrogens with one attached hydrogen (secondary N) is 1. The first-order valence-corrected chi connectivity index (χ1v) is 6.92. The quantitative estimate of drug-likeness (QED) is 0.796. The average Bonchev–Trinajstić information content (AvgIpc) is 2.58. The summed E-state index contributed by atoms with van der Waals surface area (Å²) in [6.07, 6.45) is 3.39. The Hall–Kier alpha value is -0.120. The normalized spacial score (nSPS) is 12.5. The van der Waals surface area contributed by atoms with Gasteiger partial charge in [0.1, 0.15) is 0 Å². The summed E-state index contributed by atoms with van der Waals surface area (Å²) in [5.74, 6) is 0. The average molecular weight is 288 g/mol. The van der Waals surface area contributed by atoms with Crippen LogP contribution in [0.3, 0.4) is 0 Å². The number of hydrogen-bond donors (Lipinski definition) is 1. The molecule has 0 spiro atoms. The van der Waals surface area contributed by atoms with E-state index in [4.69, 9.17) is 0 Å². The molecule has 3 heteroatoms. The molecule has 0 amide bonds. The third-order valence-corrected chi connectivity index (χ3v) is 4.10. The summed E-state index contributed by atoms with van der Waals surface area (Å²) in [6, 6.07) is 2.68. The third-order valence-electron chi connectivity index (χ3n) is 2.12. The maximum Gasteiger partial charge on any atom is 0.0438 e. The van der Waals surface area contributed by atoms with Gasteiger partial charge in [-0.05, 0) is 52.8 Å². The van der Waals surface area contributed by atoms with Crippen molar-refractivity contribution < 1.29 is 0 Å². The molecule has 0 saturated heterocycles. The zero-order valence-corrected chi connectivity index (χ0v) is 11.9. The monoisotopic (exact) mass is 287 g/mol. The molecule has 1 heterocycles. The molecule has 1 nitrogen and oxygen atoms in total. The van der Waals surface area contributed by atoms with Crippen molar-refractivity contribution in [1.29, 1.82) is 0 Å². The molecule has 0 atom stereocenters. The largest absolute Gasteiger partial charge is 0.314 e. The fraction of sp³-hybridized carbons (Fsp3) is 0.500. The number of hydrogen-bond acceptors (Lipinski definition) is 2. The molecule has 0 saturated carbocycles. The van der Waals surface area contributed by atoms with E-state index in [0.29, 0.717) is 6.04 Å². The topological polar surface area (TPSA) is 12.0 Å². The molecule has 1 rings (SSSR count). The third kappa shape index (κ3) is 4.49. The van der Waals surface area contributed by atoms with Gasteiger partial charge in [-0.3, -0.25) is 0 Å². The van der Waals surface area contributed by atoms with Gasteiger partial charge in [0.15, 0.2) is 0 Å². The molecule has 15 heavy (non-hydrogen) atoms. The smallest absolute Gasteiger partial charge is 0.0438 e. The second-order valence-electron chi connectivity index (χ2n) is 3.88. The molecule has 1 N–H and O–H groups in total. The van der Waals surface area contributed by atoms with Crippen molar-refractivity contribution in [2.45, 2.75) is 33.2 Å². The van der Waals surface area contributed by atoms with Crippen LogP contribution in [-0.2, 0) is 0 Å². The van der Waals surface area contributed by atoms with Gasteiger partial charge >= 0.3 is 0 Å². The molecule has 84 valence electrons. The minimum Gasteiger partial charge on any atom is -0.314 e. The highest BCUT2D eigenvalue weighted by molar-refractivity contribution is 9.10. The maximum atomic E-state index is 3.55. The summed E-state index contributed by atoms with van der Waals surface area (Å²) in [5.41, 5.74) is 1.36. The summed E-state index contributed by atoms with van der Waals surface area (Å²) >= 11 is 5.34. The molecule has 0 aliphatic carbocycles. The molecule has 0 radical (unpaired) electrons. The van der Waals surface area contributed by atoms with Gasteiger partial charge in [-0.25, -0.2) is 0 Å². The van der Waals surface area contributed by atoms with Gasteiger partial charge in [0.25, 0.3) is 0 Å². The van der Waals surface area contributed by atoms with Crippen molar-refractivity contribution >= 4 is 32.8 Å². The fourth-order valence-corrected chi connectivity index (χ4v) is 3.02. The van der Waals surface area contributed by atoms with Gasteiger partial charge in [-0.2, -0.15) is 0 Å². The predicted molar refractivity (Wildman–Crippen MR) is 73.4 cm³/mol. The van der Waals surface area contributed by atoms with E-state index >= 15 is 0 Å². The van der Waals surface area contributed by atoms with E-state index in [0.717, 1.165) is 13.0 Å². The van der Waals surface area contributed by atoms with Crippen molar-refractivity contribution in [3.05, 3.63) is 26.9 Å². The van der Waals surface area contributed by atoms with Crippen LogP contribution in [0.5, 0.6) is 0 Å². The Labute approximate surface area is 105 Å². The van der Waals surface area contributed by atoms with Gasteiger partial charge in [0.2, 0.25) is 0 Å². The minimum atomic E-state index is 0.576. The number of thiophene rings is 1. The Balaban J connectivity index is 2.43. The minimum absolute atomic E-state index is 0.576. The highest BCUT2D eigenvalue weighted by Crippen LogP contribution is 2.29. The first kappa shape index (κ1) is 12.9. The van der Waals surface area contributed by atoms with E-state index in [-0.39, 0.29) is 0 Å². The molecule has 0 fully saturated rings. The van der Waals surface area contributed by atoms with Crippen LogP contribution < -0.4 is 5.32 Å². The second kappa shape index (κ2) is 6.46. The lowest BCUT2D eigenvalue weighted by atomic mass is 10.2. The highest BCUT2D eigenvalue weighted by Gasteiger charge is 2.02. The first-order valence-electron chi connectivity index (χ1n) is 5.24. The Morgan fingerprint density at radius 2 is 2.33 bits per heavy atom. The van der Waals surface area contributed by atoms with Crippen molar-refractivity contribution in [1.82, 2.24) is 5.32 Å². The summed E-state index contributed by atoms with van der Waals surface area (Å²) in [5, 5.41) is 5.52. The molecular formula is C12H18BrNS. The SMILES string of the molecule is CC(=CCCNC(C)C)c1sccc1Br. The zero-order chi connectivity index (χ0) is 11.3. The fourth-order valence-electron chi connectivity index (χ4n) is 1.33. The Kier molecular flexibility index (Phi) is 5.58. The molecule has 1 aromatic heterocycles. The van der Waals surface area contributed by atoms with E-state index in [9.17, 15) is 0 Å². The van der Waals surface area contributed by atoms with E-state index in [1.807, 2.05) is 0 Å². The van der Waals surface area contributed by atoms with Gasteiger partial charge in [0.05, 0.1) is 0 Å². The standard InChI is InChI=1S/C12H18BrNS/c1-9(2)14-7-4-5-10(3)12-11(13)6-8-15-12/h5-6,8-9,14H,4,7H2,1-3H3. The van der Waals surface area contributed by atoms with Crippen LogP contribution >= 0.6 is 27.3 Å². The molecule has 0 bridgehead atoms. The van der Waals surface area contributed by atoms with E-state index in [1.54, 1.807) is 11.3 Å². The van der Waals surface area contributed by atoms with Crippen LogP contribution in [0.2, 0.25) is 0 Å². The van der Waals surface area contributed by atoms with Gasteiger partial charge in [-0.1, -0.05) is 19.9 Å². The summed E-state index contributed by atoms with van der Waals surface area (Å²) in [6.45, 7) is 7.57. The molecule has 0 unspecified atom stereocenters. The van der Waals surface area contributed by atoms with Crippen molar-refractivity contribution in [3.8, 4) is 0 Å². The van der Waals surface area contributed by atoms with E-state index in [2.05, 4.69) is 59.5 Å². The maximum absolute atomic E-state index is 3.55. The number of rotatable bonds is 5. The molecule has 0 aliphatic heterocycles. The van der Waals surface area contributed by atoms with Crippen LogP contribution in [0, 0.1) is 0 Å². The lowest BCUT2D eigenvalue weighted by Crippen LogP contribution is -2.23. The Bertz CT molecular complexity index is 328. The molecule has 0 aromatic carbocycles. The van der Waals surface area contributed by atoms with Gasteiger partial charge < -0.3 is 5.32 Å². The number of allylic oxidation sites excluding steroid dienone is 1. The van der Waals surface area contributed by atoms with Crippen LogP contribution in [0.15, 0.2) is 22.0 Å². The van der Waals surface area contributed by atoms with Crippen molar-refractivity contribution in [2.75, 3.05) is 6.54 Å². The van der Waals surface area contributed by atoms with E-state index in [1.165, 1.54) is 14.9 Å². The zero-order valence-electron chi connectivity index (χ0n) is 9.51. The molecule has 0 aliphatic rings. The van der Waals surface area contributed by atoms with Crippen molar-refractivity contribution in [3.63, 3.8) is 0 Å². The number of halogens is 1. The summed E-state index contributed by atoms with van der Waals surface area (Å²) < 4.78 is 1.21. The lowest BCUT2D eigenvalue weighted by molar-refractivity contribution is 0.595. The van der Waals surface area contributed by atoms with Gasteiger partial charge in [-0.15, -0.1) is 11.3 Å². The van der Waals surface area contributed by atoms with Crippen LogP contribution in [0.4, 0.5) is 0 Å². The first-order chi connectivity index (χ1) is 7.11. The van der Waals surface area contributed by atoms with E-state index < -0.39 is 0 Å². The highest BCUT2D eigenvalue weighted by atomic mass is 79.9. The van der Waals surface area contributed by atoms with Crippen molar-refractivity contribution in [2.24, 2.45) is 0 Å². The lowest BCUT2D eigenvalue weighted by Gasteiger charge is -2.06. The van der Waals surface area contributed by atoms with Gasteiger partial charge in [0, 0.05) is 15.4 Å². The second-order valence-corrected chi connectivity index (χ2v) is 5.65. The molecular weight excluding hydrogens is 270 g/mol. The van der Waals surface area contributed by atoms with Crippen LogP contribution in [0.25, 0.3) is 5.57 Å². The summed E-state index contributed by atoms with van der Waals surface area (Å²) in [4.78, 5) is 1.35. The molecule has 1 aromatic rings. The Morgan fingerprint density at radius 1 is 1.60 bits per heavy atom.